The van der Waals surface area contributed by atoms with Crippen molar-refractivity contribution in [3.05, 3.63) is 0 Å². The topological polar surface area (TPSA) is 78.9 Å². The Morgan fingerprint density at radius 1 is 0.536 bits per heavy atom. The molecular formula is C19H49O6P3. The third-order valence-electron chi connectivity index (χ3n) is 4.48. The molecule has 6 nitrogen and oxygen atoms in total. The Hall–Kier alpha value is 0.570. The maximum Gasteiger partial charge on any atom is 0.335 e. The molecule has 0 rings (SSSR count). The Morgan fingerprint density at radius 3 is 0.786 bits per heavy atom. The molecule has 0 aromatic carbocycles. The summed E-state index contributed by atoms with van der Waals surface area (Å²) in [6.07, 6.45) is 0. The largest absolute Gasteiger partial charge is 0.335 e. The van der Waals surface area contributed by atoms with E-state index in [2.05, 4.69) is 0 Å². The molecule has 0 heterocycles. The van der Waals surface area contributed by atoms with Gasteiger partial charge in [0, 0.05) is 38.3 Å². The maximum absolute atomic E-state index is 11.5. The zero-order valence-electron chi connectivity index (χ0n) is 20.3. The average molecular weight is 467 g/mol. The summed E-state index contributed by atoms with van der Waals surface area (Å²) >= 11 is 0. The highest BCUT2D eigenvalue weighted by atomic mass is 31.2. The highest BCUT2D eigenvalue weighted by Crippen LogP contribution is 2.58. The van der Waals surface area contributed by atoms with E-state index < -0.39 is 27.3 Å². The molecule has 28 heavy (non-hydrogen) atoms. The lowest BCUT2D eigenvalue weighted by atomic mass is 10.3. The summed E-state index contributed by atoms with van der Waals surface area (Å²) in [5.41, 5.74) is 0. The smallest absolute Gasteiger partial charge is 0.332 e. The predicted octanol–water partition coefficient (Wildman–Crippen LogP) is 7.65. The van der Waals surface area contributed by atoms with Gasteiger partial charge in [-0.3, -0.25) is 9.13 Å². The van der Waals surface area contributed by atoms with Gasteiger partial charge in [-0.15, -0.1) is 0 Å². The van der Waals surface area contributed by atoms with Crippen LogP contribution in [-0.2, 0) is 27.3 Å². The van der Waals surface area contributed by atoms with E-state index in [9.17, 15) is 13.7 Å². The second-order valence-corrected chi connectivity index (χ2v) is 20.3. The van der Waals surface area contributed by atoms with Gasteiger partial charge in [0.1, 0.15) is 0 Å². The highest BCUT2D eigenvalue weighted by molar-refractivity contribution is 7.63. The molecule has 0 N–H and O–H groups in total. The summed E-state index contributed by atoms with van der Waals surface area (Å²) in [5, 5.41) is -0.661. The van der Waals surface area contributed by atoms with Crippen LogP contribution in [0.4, 0.5) is 0 Å². The molecule has 176 valence electrons. The molecule has 0 aliphatic carbocycles. The molecule has 0 saturated heterocycles. The maximum atomic E-state index is 11.5. The minimum Gasteiger partial charge on any atom is -0.332 e. The minimum absolute atomic E-state index is 0. The van der Waals surface area contributed by atoms with Crippen LogP contribution in [0, 0.1) is 0 Å². The van der Waals surface area contributed by atoms with Gasteiger partial charge in [0.25, 0.3) is 0 Å². The van der Waals surface area contributed by atoms with Crippen LogP contribution >= 0.6 is 22.1 Å². The average Bonchev–Trinajstić information content (AvgIpc) is 2.43. The molecule has 0 spiro atoms. The van der Waals surface area contributed by atoms with Crippen molar-refractivity contribution in [2.45, 2.75) is 85.2 Å². The van der Waals surface area contributed by atoms with Gasteiger partial charge in [0.15, 0.2) is 0 Å². The molecule has 0 fully saturated rings. The van der Waals surface area contributed by atoms with Gasteiger partial charge >= 0.3 is 7.60 Å². The molecule has 0 radical (unpaired) electrons. The number of hydrogen-bond acceptors (Lipinski definition) is 6. The van der Waals surface area contributed by atoms with E-state index in [4.69, 9.17) is 13.6 Å². The molecule has 0 aromatic heterocycles. The Kier molecular flexibility index (Phi) is 16.0. The van der Waals surface area contributed by atoms with Crippen LogP contribution in [0.1, 0.15) is 69.7 Å². The second kappa shape index (κ2) is 12.4. The first-order chi connectivity index (χ1) is 11.4. The molecule has 0 bridgehead atoms. The van der Waals surface area contributed by atoms with Crippen molar-refractivity contribution in [2.24, 2.45) is 0 Å². The van der Waals surface area contributed by atoms with Crippen molar-refractivity contribution in [1.82, 2.24) is 0 Å². The van der Waals surface area contributed by atoms with Crippen molar-refractivity contribution in [3.8, 4) is 0 Å². The molecule has 0 aliphatic heterocycles. The van der Waals surface area contributed by atoms with Crippen LogP contribution in [0.2, 0.25) is 0 Å². The van der Waals surface area contributed by atoms with Crippen LogP contribution in [0.3, 0.4) is 0 Å². The lowest BCUT2D eigenvalue weighted by Crippen LogP contribution is -2.16. The highest BCUT2D eigenvalue weighted by Gasteiger charge is 2.37. The van der Waals surface area contributed by atoms with E-state index in [-0.39, 0.29) is 17.7 Å². The molecule has 9 heteroatoms. The van der Waals surface area contributed by atoms with E-state index in [0.29, 0.717) is 0 Å². The SMILES string of the molecule is C.CC(C)(C)P(C)(C)=O.COP(=O)(OC)C(C)(C)C.COP(C)(=O)C(C)(C)C. The first kappa shape index (κ1) is 36.0. The Morgan fingerprint density at radius 2 is 0.786 bits per heavy atom. The quantitative estimate of drug-likeness (QED) is 0.397. The van der Waals surface area contributed by atoms with Gasteiger partial charge in [-0.2, -0.15) is 0 Å². The van der Waals surface area contributed by atoms with E-state index >= 15 is 0 Å². The van der Waals surface area contributed by atoms with Gasteiger partial charge in [-0.25, -0.2) is 0 Å². The van der Waals surface area contributed by atoms with Crippen LogP contribution in [0.5, 0.6) is 0 Å². The molecule has 0 aromatic rings. The first-order valence-corrected chi connectivity index (χ1v) is 15.0. The summed E-state index contributed by atoms with van der Waals surface area (Å²) in [4.78, 5) is 0. The van der Waals surface area contributed by atoms with E-state index in [0.717, 1.165) is 0 Å². The summed E-state index contributed by atoms with van der Waals surface area (Å²) < 4.78 is 48.6. The van der Waals surface area contributed by atoms with Crippen LogP contribution in [0.25, 0.3) is 0 Å². The first-order valence-electron chi connectivity index (χ1n) is 8.83. The van der Waals surface area contributed by atoms with Crippen LogP contribution < -0.4 is 0 Å². The third-order valence-corrected chi connectivity index (χ3v) is 13.5. The fourth-order valence-corrected chi connectivity index (χ4v) is 2.69. The van der Waals surface area contributed by atoms with Gasteiger partial charge < -0.3 is 18.1 Å². The van der Waals surface area contributed by atoms with Crippen LogP contribution in [0.15, 0.2) is 0 Å². The lowest BCUT2D eigenvalue weighted by Gasteiger charge is -2.26. The molecule has 0 aliphatic rings. The number of hydrogen-bond donors (Lipinski definition) is 0. The van der Waals surface area contributed by atoms with E-state index in [1.165, 1.54) is 21.3 Å². The minimum atomic E-state index is -2.86. The zero-order valence-corrected chi connectivity index (χ0v) is 23.0. The molecule has 1 atom stereocenters. The van der Waals surface area contributed by atoms with Gasteiger partial charge in [0.2, 0.25) is 7.37 Å². The molecule has 0 amide bonds. The Bertz CT molecular complexity index is 552. The van der Waals surface area contributed by atoms with Crippen molar-refractivity contribution in [1.29, 1.82) is 0 Å². The van der Waals surface area contributed by atoms with Gasteiger partial charge in [-0.05, 0) is 34.1 Å². The van der Waals surface area contributed by atoms with Crippen molar-refractivity contribution >= 4 is 22.1 Å². The van der Waals surface area contributed by atoms with E-state index in [1.807, 2.05) is 75.6 Å². The monoisotopic (exact) mass is 466 g/mol. The fourth-order valence-electron chi connectivity index (χ4n) is 0.896. The summed E-state index contributed by atoms with van der Waals surface area (Å²) in [6, 6.07) is 0. The normalized spacial score (nSPS) is 15.1. The second-order valence-electron chi connectivity index (χ2n) is 9.75. The standard InChI is InChI=1S/C6H15O3P.C6H15O2P.C6H15OP.CH4/c1-6(2,3)10(7,8-4)9-5;1-6(2,3)9(5,7)8-4;1-6(2,3)8(4,5)7;/h1-5H3;1-5H3;1-5H3;1H4. The van der Waals surface area contributed by atoms with Gasteiger partial charge in [0.05, 0.1) is 12.3 Å². The summed E-state index contributed by atoms with van der Waals surface area (Å²) in [5.74, 6) is 0. The number of rotatable bonds is 3. The predicted molar refractivity (Wildman–Crippen MR) is 128 cm³/mol. The Balaban J connectivity index is -0.000000153. The van der Waals surface area contributed by atoms with E-state index in [1.54, 1.807) is 6.66 Å². The summed E-state index contributed by atoms with van der Waals surface area (Å²) in [7, 11) is -2.78. The zero-order chi connectivity index (χ0) is 23.1. The van der Waals surface area contributed by atoms with Crippen molar-refractivity contribution < 1.29 is 27.3 Å². The molecular weight excluding hydrogens is 417 g/mol. The molecule has 0 saturated carbocycles. The third kappa shape index (κ3) is 13.0. The lowest BCUT2D eigenvalue weighted by molar-refractivity contribution is 0.255. The van der Waals surface area contributed by atoms with Crippen molar-refractivity contribution in [3.63, 3.8) is 0 Å². The van der Waals surface area contributed by atoms with Gasteiger partial charge in [-0.1, -0.05) is 49.0 Å². The van der Waals surface area contributed by atoms with Crippen molar-refractivity contribution in [2.75, 3.05) is 41.3 Å². The summed E-state index contributed by atoms with van der Waals surface area (Å²) in [6.45, 7) is 22.5. The van der Waals surface area contributed by atoms with Crippen LogP contribution in [-0.4, -0.2) is 56.8 Å². The fraction of sp³-hybridized carbons (Fsp3) is 1.00. The Labute approximate surface area is 176 Å². The molecule has 1 unspecified atom stereocenters.